The van der Waals surface area contributed by atoms with Gasteiger partial charge in [0.1, 0.15) is 5.75 Å². The van der Waals surface area contributed by atoms with Crippen molar-refractivity contribution in [2.45, 2.75) is 19.9 Å². The number of anilines is 1. The van der Waals surface area contributed by atoms with Crippen LogP contribution in [0.1, 0.15) is 13.3 Å². The van der Waals surface area contributed by atoms with E-state index in [1.165, 1.54) is 6.42 Å². The Hall–Kier alpha value is -1.71. The zero-order chi connectivity index (χ0) is 12.0. The summed E-state index contributed by atoms with van der Waals surface area (Å²) in [4.78, 5) is 4.39. The van der Waals surface area contributed by atoms with Crippen LogP contribution in [0.5, 0.6) is 5.75 Å². The molecule has 1 fully saturated rings. The number of methoxy groups -OCH3 is 1. The second-order valence-corrected chi connectivity index (χ2v) is 4.91. The van der Waals surface area contributed by atoms with Gasteiger partial charge in [0.15, 0.2) is 0 Å². The number of nitrogen functional groups attached to an aromatic ring is 1. The summed E-state index contributed by atoms with van der Waals surface area (Å²) in [6, 6.07) is 5.92. The molecule has 4 nitrogen and oxygen atoms in total. The molecule has 90 valence electrons. The predicted octanol–water partition coefficient (Wildman–Crippen LogP) is 2.28. The third-order valence-electron chi connectivity index (χ3n) is 3.68. The van der Waals surface area contributed by atoms with E-state index in [0.29, 0.717) is 5.95 Å². The molecule has 2 aromatic rings. The molecule has 0 aliphatic heterocycles. The van der Waals surface area contributed by atoms with Crippen LogP contribution in [0.2, 0.25) is 0 Å². The summed E-state index contributed by atoms with van der Waals surface area (Å²) in [5, 5.41) is 0. The number of ether oxygens (including phenoxy) is 1. The van der Waals surface area contributed by atoms with Crippen LogP contribution in [-0.2, 0) is 6.54 Å². The lowest BCUT2D eigenvalue weighted by Crippen LogP contribution is -2.05. The van der Waals surface area contributed by atoms with Gasteiger partial charge in [-0.15, -0.1) is 0 Å². The van der Waals surface area contributed by atoms with E-state index >= 15 is 0 Å². The molecule has 2 N–H and O–H groups in total. The van der Waals surface area contributed by atoms with E-state index in [2.05, 4.69) is 16.5 Å². The molecule has 0 radical (unpaired) electrons. The second kappa shape index (κ2) is 3.65. The SMILES string of the molecule is COc1ccc2c(c1)nc(N)n2CC1CC1C. The third-order valence-corrected chi connectivity index (χ3v) is 3.68. The van der Waals surface area contributed by atoms with Crippen molar-refractivity contribution in [1.82, 2.24) is 9.55 Å². The fourth-order valence-corrected chi connectivity index (χ4v) is 2.34. The maximum Gasteiger partial charge on any atom is 0.201 e. The van der Waals surface area contributed by atoms with Gasteiger partial charge in [-0.25, -0.2) is 4.98 Å². The Labute approximate surface area is 100 Å². The monoisotopic (exact) mass is 231 g/mol. The van der Waals surface area contributed by atoms with E-state index in [0.717, 1.165) is 35.2 Å². The Kier molecular flexibility index (Phi) is 2.24. The van der Waals surface area contributed by atoms with Crippen molar-refractivity contribution in [2.24, 2.45) is 11.8 Å². The number of nitrogens with two attached hydrogens (primary N) is 1. The van der Waals surface area contributed by atoms with Crippen molar-refractivity contribution in [3.05, 3.63) is 18.2 Å². The Bertz CT molecular complexity index is 561. The highest BCUT2D eigenvalue weighted by Crippen LogP contribution is 2.40. The molecule has 0 amide bonds. The van der Waals surface area contributed by atoms with Gasteiger partial charge in [-0.3, -0.25) is 0 Å². The summed E-state index contributed by atoms with van der Waals surface area (Å²) in [6.45, 7) is 3.26. The smallest absolute Gasteiger partial charge is 0.201 e. The zero-order valence-electron chi connectivity index (χ0n) is 10.2. The molecule has 1 saturated carbocycles. The van der Waals surface area contributed by atoms with Gasteiger partial charge in [-0.2, -0.15) is 0 Å². The van der Waals surface area contributed by atoms with Crippen LogP contribution < -0.4 is 10.5 Å². The maximum atomic E-state index is 5.98. The largest absolute Gasteiger partial charge is 0.497 e. The van der Waals surface area contributed by atoms with Crippen LogP contribution in [0.15, 0.2) is 18.2 Å². The number of hydrogen-bond donors (Lipinski definition) is 1. The third kappa shape index (κ3) is 1.73. The van der Waals surface area contributed by atoms with E-state index in [9.17, 15) is 0 Å². The van der Waals surface area contributed by atoms with Crippen molar-refractivity contribution in [1.29, 1.82) is 0 Å². The lowest BCUT2D eigenvalue weighted by Gasteiger charge is -2.05. The van der Waals surface area contributed by atoms with Gasteiger partial charge in [-0.05, 0) is 30.4 Å². The van der Waals surface area contributed by atoms with Crippen LogP contribution >= 0.6 is 0 Å². The average molecular weight is 231 g/mol. The van der Waals surface area contributed by atoms with E-state index < -0.39 is 0 Å². The van der Waals surface area contributed by atoms with Gasteiger partial charge in [0.05, 0.1) is 18.1 Å². The number of hydrogen-bond acceptors (Lipinski definition) is 3. The van der Waals surface area contributed by atoms with Crippen molar-refractivity contribution < 1.29 is 4.74 Å². The second-order valence-electron chi connectivity index (χ2n) is 4.91. The first-order valence-corrected chi connectivity index (χ1v) is 5.99. The van der Waals surface area contributed by atoms with E-state index in [1.54, 1.807) is 7.11 Å². The Morgan fingerprint density at radius 1 is 1.53 bits per heavy atom. The quantitative estimate of drug-likeness (QED) is 0.881. The number of aromatic nitrogens is 2. The van der Waals surface area contributed by atoms with Crippen LogP contribution in [0, 0.1) is 11.8 Å². The molecule has 1 heterocycles. The molecular formula is C13H17N3O. The molecule has 0 bridgehead atoms. The summed E-state index contributed by atoms with van der Waals surface area (Å²) in [6.07, 6.45) is 1.30. The first-order chi connectivity index (χ1) is 8.19. The normalized spacial score (nSPS) is 22.9. The Morgan fingerprint density at radius 2 is 2.29 bits per heavy atom. The van der Waals surface area contributed by atoms with Crippen molar-refractivity contribution in [3.8, 4) is 5.75 Å². The van der Waals surface area contributed by atoms with E-state index in [4.69, 9.17) is 10.5 Å². The fourth-order valence-electron chi connectivity index (χ4n) is 2.34. The van der Waals surface area contributed by atoms with Gasteiger partial charge in [-0.1, -0.05) is 6.92 Å². The fraction of sp³-hybridized carbons (Fsp3) is 0.462. The summed E-state index contributed by atoms with van der Waals surface area (Å²) in [7, 11) is 1.66. The molecule has 2 atom stereocenters. The molecule has 1 aromatic carbocycles. The summed E-state index contributed by atoms with van der Waals surface area (Å²) in [5.74, 6) is 3.01. The van der Waals surface area contributed by atoms with Gasteiger partial charge in [0.2, 0.25) is 5.95 Å². The molecule has 1 aliphatic carbocycles. The molecule has 0 spiro atoms. The molecule has 2 unspecified atom stereocenters. The molecule has 17 heavy (non-hydrogen) atoms. The number of fused-ring (bicyclic) bond motifs is 1. The molecule has 4 heteroatoms. The highest BCUT2D eigenvalue weighted by atomic mass is 16.5. The van der Waals surface area contributed by atoms with Crippen molar-refractivity contribution >= 4 is 17.0 Å². The lowest BCUT2D eigenvalue weighted by molar-refractivity contribution is 0.415. The molecule has 1 aromatic heterocycles. The predicted molar refractivity (Wildman–Crippen MR) is 68.0 cm³/mol. The molecular weight excluding hydrogens is 214 g/mol. The Morgan fingerprint density at radius 3 is 2.94 bits per heavy atom. The first-order valence-electron chi connectivity index (χ1n) is 5.99. The number of nitrogens with zero attached hydrogens (tertiary/aromatic N) is 2. The molecule has 1 aliphatic rings. The number of rotatable bonds is 3. The van der Waals surface area contributed by atoms with Crippen LogP contribution in [-0.4, -0.2) is 16.7 Å². The van der Waals surface area contributed by atoms with Crippen LogP contribution in [0.25, 0.3) is 11.0 Å². The minimum absolute atomic E-state index is 0.604. The minimum Gasteiger partial charge on any atom is -0.497 e. The lowest BCUT2D eigenvalue weighted by atomic mass is 10.3. The highest BCUT2D eigenvalue weighted by Gasteiger charge is 2.33. The van der Waals surface area contributed by atoms with E-state index in [-0.39, 0.29) is 0 Å². The minimum atomic E-state index is 0.604. The first kappa shape index (κ1) is 10.4. The van der Waals surface area contributed by atoms with Gasteiger partial charge in [0, 0.05) is 12.6 Å². The van der Waals surface area contributed by atoms with Gasteiger partial charge < -0.3 is 15.0 Å². The zero-order valence-corrected chi connectivity index (χ0v) is 10.2. The molecule has 0 saturated heterocycles. The topological polar surface area (TPSA) is 53.1 Å². The average Bonchev–Trinajstić information content (AvgIpc) is 2.92. The Balaban J connectivity index is 2.02. The van der Waals surface area contributed by atoms with E-state index in [1.807, 2.05) is 18.2 Å². The maximum absolute atomic E-state index is 5.98. The number of imidazole rings is 1. The van der Waals surface area contributed by atoms with Crippen molar-refractivity contribution in [3.63, 3.8) is 0 Å². The summed E-state index contributed by atoms with van der Waals surface area (Å²) < 4.78 is 7.31. The van der Waals surface area contributed by atoms with Gasteiger partial charge in [0.25, 0.3) is 0 Å². The summed E-state index contributed by atoms with van der Waals surface area (Å²) in [5.41, 5.74) is 7.99. The van der Waals surface area contributed by atoms with Crippen molar-refractivity contribution in [2.75, 3.05) is 12.8 Å². The molecule has 3 rings (SSSR count). The highest BCUT2D eigenvalue weighted by molar-refractivity contribution is 5.79. The number of benzene rings is 1. The summed E-state index contributed by atoms with van der Waals surface area (Å²) >= 11 is 0. The standard InChI is InChI=1S/C13H17N3O/c1-8-5-9(8)7-16-12-4-3-10(17-2)6-11(12)15-13(16)14/h3-4,6,8-9H,5,7H2,1-2H3,(H2,14,15). The van der Waals surface area contributed by atoms with Crippen LogP contribution in [0.4, 0.5) is 5.95 Å². The van der Waals surface area contributed by atoms with Gasteiger partial charge >= 0.3 is 0 Å². The van der Waals surface area contributed by atoms with Crippen LogP contribution in [0.3, 0.4) is 0 Å².